The lowest BCUT2D eigenvalue weighted by molar-refractivity contribution is 1.28. The van der Waals surface area contributed by atoms with Gasteiger partial charge in [-0.3, -0.25) is 0 Å². The minimum Gasteiger partial charge on any atom is -0.311 e. The molecule has 0 saturated carbocycles. The highest BCUT2D eigenvalue weighted by molar-refractivity contribution is 5.88. The summed E-state index contributed by atoms with van der Waals surface area (Å²) in [6.45, 7) is 0. The van der Waals surface area contributed by atoms with E-state index < -0.39 is 0 Å². The zero-order chi connectivity index (χ0) is 38.1. The molecule has 0 aromatic heterocycles. The highest BCUT2D eigenvalue weighted by Gasteiger charge is 2.13. The molecule has 0 fully saturated rings. The van der Waals surface area contributed by atoms with Crippen molar-refractivity contribution in [1.82, 2.24) is 0 Å². The van der Waals surface area contributed by atoms with Gasteiger partial charge < -0.3 is 9.80 Å². The van der Waals surface area contributed by atoms with Gasteiger partial charge in [0.2, 0.25) is 0 Å². The average molecular weight is 695 g/mol. The van der Waals surface area contributed by atoms with Gasteiger partial charge >= 0.3 is 0 Å². The predicted octanol–water partition coefficient (Wildman–Crippen LogP) is 14.6. The molecule has 0 unspecified atom stereocenters. The Labute approximate surface area is 321 Å². The fourth-order valence-electron chi connectivity index (χ4n) is 6.67. The summed E-state index contributed by atoms with van der Waals surface area (Å²) in [6, 6.07) is 74.9. The third-order valence-electron chi connectivity index (χ3n) is 9.31. The molecule has 0 bridgehead atoms. The van der Waals surface area contributed by atoms with E-state index in [-0.39, 0.29) is 0 Å². The van der Waals surface area contributed by atoms with Crippen LogP contribution in [0.15, 0.2) is 218 Å². The first-order chi connectivity index (χ1) is 27.6. The Bertz CT molecular complexity index is 2310. The Kier molecular flexibility index (Phi) is 9.62. The number of anilines is 6. The summed E-state index contributed by atoms with van der Waals surface area (Å²) in [5.41, 5.74) is 11.9. The van der Waals surface area contributed by atoms with Gasteiger partial charge in [-0.25, -0.2) is 0 Å². The van der Waals surface area contributed by atoms with Crippen LogP contribution in [0.5, 0.6) is 0 Å². The Morgan fingerprint density at radius 1 is 0.278 bits per heavy atom. The van der Waals surface area contributed by atoms with Crippen LogP contribution in [0.2, 0.25) is 0 Å². The maximum Gasteiger partial charge on any atom is 0.0629 e. The topological polar surface area (TPSA) is 6.48 Å². The number of nitrogens with zero attached hydrogens (tertiary/aromatic N) is 2. The molecule has 2 nitrogen and oxygen atoms in total. The van der Waals surface area contributed by atoms with Crippen molar-refractivity contribution in [3.8, 4) is 11.1 Å². The van der Waals surface area contributed by atoms with E-state index in [1.807, 2.05) is 133 Å². The molecule has 0 N–H and O–H groups in total. The molecule has 8 aromatic rings. The third kappa shape index (κ3) is 7.84. The van der Waals surface area contributed by atoms with E-state index >= 15 is 0 Å². The lowest BCUT2D eigenvalue weighted by Crippen LogP contribution is -2.09. The van der Waals surface area contributed by atoms with Gasteiger partial charge in [0.05, 0.1) is 2.74 Å². The molecule has 0 aliphatic carbocycles. The Morgan fingerprint density at radius 2 is 0.537 bits per heavy atom. The summed E-state index contributed by atoms with van der Waals surface area (Å²) in [7, 11) is 0. The molecule has 0 atom stereocenters. The van der Waals surface area contributed by atoms with Crippen molar-refractivity contribution >= 4 is 58.4 Å². The molecular formula is C52H40N2. The van der Waals surface area contributed by atoms with Crippen LogP contribution in [-0.2, 0) is 0 Å². The molecule has 258 valence electrons. The molecule has 0 radical (unpaired) electrons. The van der Waals surface area contributed by atoms with Crippen LogP contribution in [0.25, 0.3) is 35.4 Å². The van der Waals surface area contributed by atoms with E-state index in [2.05, 4.69) is 107 Å². The van der Waals surface area contributed by atoms with Crippen LogP contribution in [0.1, 0.15) is 25.0 Å². The molecule has 54 heavy (non-hydrogen) atoms. The second kappa shape index (κ2) is 16.5. The van der Waals surface area contributed by atoms with Gasteiger partial charge in [0.25, 0.3) is 0 Å². The van der Waals surface area contributed by atoms with Gasteiger partial charge in [0.1, 0.15) is 0 Å². The van der Waals surface area contributed by atoms with Crippen LogP contribution < -0.4 is 9.80 Å². The van der Waals surface area contributed by atoms with Crippen molar-refractivity contribution < 1.29 is 2.74 Å². The fraction of sp³-hybridized carbons (Fsp3) is 0. The van der Waals surface area contributed by atoms with E-state index in [0.29, 0.717) is 12.1 Å². The smallest absolute Gasteiger partial charge is 0.0629 e. The first kappa shape index (κ1) is 31.6. The van der Waals surface area contributed by atoms with Crippen molar-refractivity contribution in [2.24, 2.45) is 0 Å². The molecule has 0 saturated heterocycles. The molecule has 0 heterocycles. The number of hydrogen-bond acceptors (Lipinski definition) is 2. The van der Waals surface area contributed by atoms with Gasteiger partial charge in [-0.1, -0.05) is 170 Å². The van der Waals surface area contributed by atoms with Crippen molar-refractivity contribution in [1.29, 1.82) is 0 Å². The second-order valence-electron chi connectivity index (χ2n) is 12.9. The minimum atomic E-state index is 0.421. The fourth-order valence-corrected chi connectivity index (χ4v) is 6.67. The Morgan fingerprint density at radius 3 is 0.852 bits per heavy atom. The molecular weight excluding hydrogens is 653 g/mol. The first-order valence-electron chi connectivity index (χ1n) is 19.2. The monoisotopic (exact) mass is 694 g/mol. The van der Waals surface area contributed by atoms with E-state index in [0.717, 1.165) is 67.5 Å². The zero-order valence-electron chi connectivity index (χ0n) is 31.8. The normalized spacial score (nSPS) is 12.1. The highest BCUT2D eigenvalue weighted by Crippen LogP contribution is 2.36. The Balaban J connectivity index is 1.07. The molecule has 2 heteroatoms. The van der Waals surface area contributed by atoms with Crippen molar-refractivity contribution in [2.75, 3.05) is 9.80 Å². The number of hydrogen-bond donors (Lipinski definition) is 0. The van der Waals surface area contributed by atoms with Crippen LogP contribution >= 0.6 is 0 Å². The van der Waals surface area contributed by atoms with Crippen molar-refractivity contribution in [3.63, 3.8) is 0 Å². The largest absolute Gasteiger partial charge is 0.311 e. The lowest BCUT2D eigenvalue weighted by Gasteiger charge is -2.25. The Hall–Kier alpha value is -7.16. The molecule has 8 rings (SSSR count). The summed E-state index contributed by atoms with van der Waals surface area (Å²) < 4.78 is 18.3. The SMILES string of the molecule is [2H]/C(=C/c1ccccc1-c1ccccc1/C=C(/[2H])c1ccc(N(c2ccccc2)c2ccccc2)cc1)c1ccc(N(c2ccccc2)c2ccccc2)cc1. The van der Waals surface area contributed by atoms with Crippen LogP contribution in [0.4, 0.5) is 34.1 Å². The predicted molar refractivity (Wildman–Crippen MR) is 232 cm³/mol. The number of para-hydroxylation sites is 4. The molecule has 0 aliphatic heterocycles. The van der Waals surface area contributed by atoms with Crippen molar-refractivity contribution in [2.45, 2.75) is 0 Å². The van der Waals surface area contributed by atoms with Crippen molar-refractivity contribution in [3.05, 3.63) is 241 Å². The summed E-state index contributed by atoms with van der Waals surface area (Å²) >= 11 is 0. The van der Waals surface area contributed by atoms with E-state index in [9.17, 15) is 0 Å². The number of benzene rings is 8. The minimum absolute atomic E-state index is 0.421. The van der Waals surface area contributed by atoms with Gasteiger partial charge in [-0.15, -0.1) is 0 Å². The highest BCUT2D eigenvalue weighted by atomic mass is 15.1. The molecule has 8 aromatic carbocycles. The summed E-state index contributed by atoms with van der Waals surface area (Å²) in [4.78, 5) is 4.44. The summed E-state index contributed by atoms with van der Waals surface area (Å²) in [6.07, 6.45) is 3.87. The quantitative estimate of drug-likeness (QED) is 0.124. The van der Waals surface area contributed by atoms with E-state index in [4.69, 9.17) is 2.74 Å². The third-order valence-corrected chi connectivity index (χ3v) is 9.31. The standard InChI is InChI=1S/C52H40N2/c1-5-19-45(20-6-1)53(46-21-7-2-8-22-46)49-37-31-41(32-38-49)29-35-43-17-13-15-27-51(43)52-28-16-14-18-44(52)36-30-42-33-39-50(40-34-42)54(47-23-9-3-10-24-47)48-25-11-4-12-26-48/h1-40H/b35-29-,36-30-/i29D,30D. The van der Waals surface area contributed by atoms with Gasteiger partial charge in [0.15, 0.2) is 0 Å². The summed E-state index contributed by atoms with van der Waals surface area (Å²) in [5.74, 6) is 0. The lowest BCUT2D eigenvalue weighted by atomic mass is 9.94. The maximum atomic E-state index is 9.15. The number of rotatable bonds is 11. The summed E-state index contributed by atoms with van der Waals surface area (Å²) in [5, 5.41) is 0. The second-order valence-corrected chi connectivity index (χ2v) is 12.9. The van der Waals surface area contributed by atoms with Gasteiger partial charge in [-0.2, -0.15) is 0 Å². The first-order valence-corrected chi connectivity index (χ1v) is 18.2. The van der Waals surface area contributed by atoms with Gasteiger partial charge in [-0.05, 0) is 106 Å². The zero-order valence-corrected chi connectivity index (χ0v) is 29.8. The van der Waals surface area contributed by atoms with Gasteiger partial charge in [0, 0.05) is 34.1 Å². The van der Waals surface area contributed by atoms with Crippen LogP contribution in [0.3, 0.4) is 0 Å². The van der Waals surface area contributed by atoms with E-state index in [1.165, 1.54) is 0 Å². The maximum absolute atomic E-state index is 9.15. The molecule has 0 spiro atoms. The van der Waals surface area contributed by atoms with Crippen LogP contribution in [0, 0.1) is 0 Å². The van der Waals surface area contributed by atoms with E-state index in [1.54, 1.807) is 0 Å². The average Bonchev–Trinajstić information content (AvgIpc) is 3.26. The molecule has 0 amide bonds. The molecule has 0 aliphatic rings. The van der Waals surface area contributed by atoms with Crippen LogP contribution in [-0.4, -0.2) is 0 Å².